The van der Waals surface area contributed by atoms with Crippen molar-refractivity contribution in [3.8, 4) is 17.1 Å². The lowest BCUT2D eigenvalue weighted by Gasteiger charge is -2.40. The van der Waals surface area contributed by atoms with Crippen molar-refractivity contribution >= 4 is 40.9 Å². The highest BCUT2D eigenvalue weighted by Gasteiger charge is 2.41. The van der Waals surface area contributed by atoms with Crippen LogP contribution < -0.4 is 26.0 Å². The van der Waals surface area contributed by atoms with Crippen LogP contribution in [0.4, 0.5) is 11.4 Å². The van der Waals surface area contributed by atoms with Crippen molar-refractivity contribution in [2.45, 2.75) is 76.0 Å². The molecule has 0 radical (unpaired) electrons. The predicted molar refractivity (Wildman–Crippen MR) is 252 cm³/mol. The van der Waals surface area contributed by atoms with Crippen molar-refractivity contribution in [1.29, 1.82) is 0 Å². The minimum atomic E-state index is -0.730. The van der Waals surface area contributed by atoms with Crippen molar-refractivity contribution < 1.29 is 38.2 Å². The molecule has 5 amide bonds. The number of hydrogen-bond acceptors (Lipinski definition) is 13. The van der Waals surface area contributed by atoms with E-state index < -0.39 is 17.5 Å². The average molecular weight is 927 g/mol. The number of fused-ring (bicyclic) bond motifs is 1. The predicted octanol–water partition coefficient (Wildman–Crippen LogP) is 5.20. The Morgan fingerprint density at radius 3 is 2.47 bits per heavy atom. The Morgan fingerprint density at radius 2 is 1.63 bits per heavy atom. The van der Waals surface area contributed by atoms with E-state index in [1.165, 1.54) is 4.90 Å². The van der Waals surface area contributed by atoms with E-state index in [0.717, 1.165) is 73.6 Å². The Hall–Kier alpha value is -7.02. The molecule has 0 bridgehead atoms. The van der Waals surface area contributed by atoms with Gasteiger partial charge in [-0.3, -0.25) is 34.3 Å². The normalized spacial score (nSPS) is 16.8. The molecule has 18 heteroatoms. The minimum Gasteiger partial charge on any atom is -0.494 e. The summed E-state index contributed by atoms with van der Waals surface area (Å²) < 4.78 is 17.3. The quantitative estimate of drug-likeness (QED) is 0.0446. The summed E-state index contributed by atoms with van der Waals surface area (Å²) >= 11 is 0. The Kier molecular flexibility index (Phi) is 15.8. The molecule has 68 heavy (non-hydrogen) atoms. The summed E-state index contributed by atoms with van der Waals surface area (Å²) in [5.74, 6) is 0.539. The van der Waals surface area contributed by atoms with Crippen LogP contribution >= 0.6 is 0 Å². The lowest BCUT2D eigenvalue weighted by atomic mass is 9.86. The highest BCUT2D eigenvalue weighted by molar-refractivity contribution is 6.07. The van der Waals surface area contributed by atoms with E-state index in [1.807, 2.05) is 60.7 Å². The zero-order valence-electron chi connectivity index (χ0n) is 38.3. The first-order valence-electron chi connectivity index (χ1n) is 23.3. The average Bonchev–Trinajstić information content (AvgIpc) is 3.99. The van der Waals surface area contributed by atoms with E-state index in [1.54, 1.807) is 30.6 Å². The Morgan fingerprint density at radius 1 is 0.853 bits per heavy atom. The molecule has 0 saturated carbocycles. The monoisotopic (exact) mass is 926 g/mol. The molecule has 2 saturated heterocycles. The number of ether oxygens (including phenoxy) is 3. The van der Waals surface area contributed by atoms with Crippen LogP contribution in [-0.2, 0) is 42.5 Å². The number of likely N-dealkylation sites (tertiary alicyclic amines) is 1. The maximum absolute atomic E-state index is 13.4. The second-order valence-corrected chi connectivity index (χ2v) is 17.4. The molecule has 5 N–H and O–H groups in total. The Labute approximate surface area is 394 Å². The largest absolute Gasteiger partial charge is 0.494 e. The van der Waals surface area contributed by atoms with Crippen LogP contribution in [0.15, 0.2) is 91.3 Å². The second kappa shape index (κ2) is 22.6. The van der Waals surface area contributed by atoms with Gasteiger partial charge >= 0.3 is 0 Å². The molecule has 2 aromatic heterocycles. The second-order valence-electron chi connectivity index (χ2n) is 17.4. The molecule has 356 valence electrons. The van der Waals surface area contributed by atoms with E-state index in [-0.39, 0.29) is 49.6 Å². The molecule has 3 aromatic carbocycles. The molecule has 3 aliphatic rings. The third kappa shape index (κ3) is 12.1. The van der Waals surface area contributed by atoms with Gasteiger partial charge in [-0.05, 0) is 112 Å². The number of carbonyl (C=O) groups is 5. The highest BCUT2D eigenvalue weighted by Crippen LogP contribution is 2.36. The van der Waals surface area contributed by atoms with Gasteiger partial charge in [0, 0.05) is 98.4 Å². The van der Waals surface area contributed by atoms with Gasteiger partial charge in [0.15, 0.2) is 11.6 Å². The topological polar surface area (TPSA) is 222 Å². The van der Waals surface area contributed by atoms with E-state index in [2.05, 4.69) is 53.4 Å². The molecule has 1 unspecified atom stereocenters. The van der Waals surface area contributed by atoms with Crippen LogP contribution in [0.3, 0.4) is 0 Å². The number of hydrogen-bond donors (Lipinski definition) is 5. The van der Waals surface area contributed by atoms with Crippen LogP contribution in [0, 0.1) is 0 Å². The lowest BCUT2D eigenvalue weighted by molar-refractivity contribution is -0.137. The van der Waals surface area contributed by atoms with Gasteiger partial charge in [-0.2, -0.15) is 0 Å². The van der Waals surface area contributed by atoms with E-state index >= 15 is 0 Å². The van der Waals surface area contributed by atoms with Gasteiger partial charge in [0.05, 0.1) is 12.1 Å². The first-order chi connectivity index (χ1) is 33.1. The summed E-state index contributed by atoms with van der Waals surface area (Å²) in [7, 11) is 2.12. The number of imide groups is 1. The molecule has 18 nitrogen and oxygen atoms in total. The fourth-order valence-electron chi connectivity index (χ4n) is 8.67. The van der Waals surface area contributed by atoms with Crippen LogP contribution in [-0.4, -0.2) is 119 Å². The van der Waals surface area contributed by atoms with Gasteiger partial charge in [0.1, 0.15) is 18.4 Å². The first-order valence-corrected chi connectivity index (χ1v) is 23.3. The molecule has 0 aliphatic carbocycles. The minimum absolute atomic E-state index is 0.153. The molecule has 8 rings (SSSR count). The van der Waals surface area contributed by atoms with Gasteiger partial charge in [0.25, 0.3) is 11.8 Å². The number of nitrogens with one attached hydrogen (secondary N) is 5. The van der Waals surface area contributed by atoms with Gasteiger partial charge < -0.3 is 44.9 Å². The van der Waals surface area contributed by atoms with Crippen molar-refractivity contribution in [3.63, 3.8) is 0 Å². The Bertz CT molecular complexity index is 2560. The summed E-state index contributed by atoms with van der Waals surface area (Å²) in [6.07, 6.45) is 8.83. The first kappa shape index (κ1) is 47.5. The smallest absolute Gasteiger partial charge is 0.255 e. The van der Waals surface area contributed by atoms with Gasteiger partial charge in [-0.15, -0.1) is 10.2 Å². The molecule has 0 spiro atoms. The van der Waals surface area contributed by atoms with E-state index in [9.17, 15) is 24.0 Å². The standard InChI is InChI=1S/C50H58N10O8/c1-59-23-19-50(20-24-59,49-55-45(57-58-49)35-17-21-51-22-18-35)56-37-11-6-10-36(30-37)46(63)52-31-34-9-5-12-38(29-34)68-28-4-2-3-25-66-26-8-27-67-33-44(62)53-41-14-7-13-39-40(41)32-60(48(39)65)42-15-16-43(61)54-47(42)64/h5-7,9-14,17-18,21-22,29-30,42,56H,2-4,8,15-16,19-20,23-28,31-33H2,1H3,(H,52,63)(H,53,62)(H,54,61,64)(H,55,57,58). The molecular weight excluding hydrogens is 869 g/mol. The molecule has 1 atom stereocenters. The van der Waals surface area contributed by atoms with Crippen LogP contribution in [0.25, 0.3) is 11.4 Å². The number of pyridine rings is 1. The Balaban J connectivity index is 0.688. The lowest BCUT2D eigenvalue weighted by Crippen LogP contribution is -2.52. The molecule has 5 aromatic rings. The number of amides is 5. The van der Waals surface area contributed by atoms with Crippen LogP contribution in [0.5, 0.6) is 5.75 Å². The zero-order valence-corrected chi connectivity index (χ0v) is 38.3. The highest BCUT2D eigenvalue weighted by atomic mass is 16.5. The zero-order chi connectivity index (χ0) is 47.3. The summed E-state index contributed by atoms with van der Waals surface area (Å²) in [6, 6.07) is 23.4. The molecule has 3 aliphatic heterocycles. The summed E-state index contributed by atoms with van der Waals surface area (Å²) in [5.41, 5.74) is 4.29. The fraction of sp³-hybridized carbons (Fsp3) is 0.400. The number of benzene rings is 3. The third-order valence-corrected chi connectivity index (χ3v) is 12.5. The number of anilines is 2. The van der Waals surface area contributed by atoms with Crippen LogP contribution in [0.1, 0.15) is 89.0 Å². The maximum atomic E-state index is 13.4. The summed E-state index contributed by atoms with van der Waals surface area (Å²) in [6.45, 7) is 4.15. The number of rotatable bonds is 22. The van der Waals surface area contributed by atoms with Crippen molar-refractivity contribution in [2.24, 2.45) is 0 Å². The van der Waals surface area contributed by atoms with Crippen molar-refractivity contribution in [3.05, 3.63) is 119 Å². The van der Waals surface area contributed by atoms with Crippen molar-refractivity contribution in [2.75, 3.05) is 63.8 Å². The number of H-pyrrole nitrogens is 1. The number of carbonyl (C=O) groups excluding carboxylic acids is 5. The summed E-state index contributed by atoms with van der Waals surface area (Å²) in [5, 5.41) is 21.0. The fourth-order valence-corrected chi connectivity index (χ4v) is 8.67. The molecular formula is C50H58N10O8. The van der Waals surface area contributed by atoms with E-state index in [4.69, 9.17) is 14.2 Å². The number of nitrogens with zero attached hydrogens (tertiary/aromatic N) is 5. The third-order valence-electron chi connectivity index (χ3n) is 12.5. The summed E-state index contributed by atoms with van der Waals surface area (Å²) in [4.78, 5) is 74.4. The number of piperidine rings is 2. The van der Waals surface area contributed by atoms with E-state index in [0.29, 0.717) is 67.6 Å². The molecule has 2 fully saturated rings. The van der Waals surface area contributed by atoms with Gasteiger partial charge in [-0.25, -0.2) is 0 Å². The molecule has 5 heterocycles. The van der Waals surface area contributed by atoms with Crippen molar-refractivity contribution in [1.82, 2.24) is 40.6 Å². The maximum Gasteiger partial charge on any atom is 0.255 e. The van der Waals surface area contributed by atoms with Gasteiger partial charge in [0.2, 0.25) is 17.7 Å². The number of unbranched alkanes of at least 4 members (excludes halogenated alkanes) is 2. The van der Waals surface area contributed by atoms with Gasteiger partial charge in [-0.1, -0.05) is 24.3 Å². The van der Waals surface area contributed by atoms with Crippen LogP contribution in [0.2, 0.25) is 0 Å². The SMILES string of the molecule is CN1CCC(Nc2cccc(C(=O)NCc3cccc(OCCCCCOCCCOCC(=O)Nc4cccc5c4CN(C4CCC(=O)NC4=O)C5=O)c3)c2)(c2nnc(-c3ccncc3)[nH]2)CC1. The number of aromatic amines is 1. The number of aromatic nitrogens is 4.